The molecule has 1 aliphatic carbocycles. The van der Waals surface area contributed by atoms with Crippen molar-refractivity contribution in [2.75, 3.05) is 26.2 Å². The first-order chi connectivity index (χ1) is 6.81. The SMILES string of the molecule is C=C(CC)N1CCN(C2CCC2)CC1. The molecule has 0 N–H and O–H groups in total. The molecule has 1 saturated heterocycles. The molecular weight excluding hydrogens is 172 g/mol. The zero-order valence-electron chi connectivity index (χ0n) is 9.34. The highest BCUT2D eigenvalue weighted by Crippen LogP contribution is 2.26. The molecule has 2 fully saturated rings. The van der Waals surface area contributed by atoms with Crippen LogP contribution in [0.2, 0.25) is 0 Å². The molecule has 0 aromatic rings. The highest BCUT2D eigenvalue weighted by atomic mass is 15.3. The van der Waals surface area contributed by atoms with E-state index < -0.39 is 0 Å². The van der Waals surface area contributed by atoms with E-state index in [2.05, 4.69) is 23.3 Å². The maximum absolute atomic E-state index is 4.11. The number of nitrogens with zero attached hydrogens (tertiary/aromatic N) is 2. The molecule has 0 radical (unpaired) electrons. The average molecular weight is 194 g/mol. The van der Waals surface area contributed by atoms with E-state index in [-0.39, 0.29) is 0 Å². The fourth-order valence-electron chi connectivity index (χ4n) is 2.38. The molecule has 1 heterocycles. The highest BCUT2D eigenvalue weighted by molar-refractivity contribution is 4.96. The van der Waals surface area contributed by atoms with Crippen molar-refractivity contribution in [1.29, 1.82) is 0 Å². The molecule has 0 spiro atoms. The Morgan fingerprint density at radius 2 is 1.86 bits per heavy atom. The second-order valence-corrected chi connectivity index (χ2v) is 4.53. The van der Waals surface area contributed by atoms with E-state index in [0.29, 0.717) is 0 Å². The van der Waals surface area contributed by atoms with Crippen LogP contribution in [-0.4, -0.2) is 42.0 Å². The van der Waals surface area contributed by atoms with Crippen molar-refractivity contribution in [3.8, 4) is 0 Å². The van der Waals surface area contributed by atoms with E-state index >= 15 is 0 Å². The number of rotatable bonds is 3. The Balaban J connectivity index is 1.76. The van der Waals surface area contributed by atoms with Gasteiger partial charge in [0.25, 0.3) is 0 Å². The van der Waals surface area contributed by atoms with Gasteiger partial charge in [0.15, 0.2) is 0 Å². The van der Waals surface area contributed by atoms with Gasteiger partial charge in [0, 0.05) is 37.9 Å². The lowest BCUT2D eigenvalue weighted by molar-refractivity contribution is 0.0738. The van der Waals surface area contributed by atoms with Crippen LogP contribution in [0.4, 0.5) is 0 Å². The smallest absolute Gasteiger partial charge is 0.0303 e. The molecule has 1 aliphatic heterocycles. The molecule has 0 amide bonds. The first-order valence-electron chi connectivity index (χ1n) is 5.98. The second-order valence-electron chi connectivity index (χ2n) is 4.53. The first-order valence-corrected chi connectivity index (χ1v) is 5.98. The summed E-state index contributed by atoms with van der Waals surface area (Å²) in [6.07, 6.45) is 5.43. The van der Waals surface area contributed by atoms with Gasteiger partial charge in [-0.1, -0.05) is 19.9 Å². The zero-order valence-corrected chi connectivity index (χ0v) is 9.34. The molecule has 0 unspecified atom stereocenters. The predicted molar refractivity (Wildman–Crippen MR) is 60.2 cm³/mol. The fourth-order valence-corrected chi connectivity index (χ4v) is 2.38. The van der Waals surface area contributed by atoms with Crippen LogP contribution in [0, 0.1) is 0 Å². The summed E-state index contributed by atoms with van der Waals surface area (Å²) >= 11 is 0. The highest BCUT2D eigenvalue weighted by Gasteiger charge is 2.27. The minimum absolute atomic E-state index is 0.923. The average Bonchev–Trinajstić information content (AvgIpc) is 2.15. The van der Waals surface area contributed by atoms with Gasteiger partial charge < -0.3 is 4.90 Å². The van der Waals surface area contributed by atoms with Crippen molar-refractivity contribution < 1.29 is 0 Å². The maximum atomic E-state index is 4.11. The van der Waals surface area contributed by atoms with Crippen LogP contribution in [0.3, 0.4) is 0 Å². The van der Waals surface area contributed by atoms with E-state index in [1.807, 2.05) is 0 Å². The summed E-state index contributed by atoms with van der Waals surface area (Å²) in [7, 11) is 0. The van der Waals surface area contributed by atoms with Crippen LogP contribution in [-0.2, 0) is 0 Å². The van der Waals surface area contributed by atoms with Crippen LogP contribution in [0.5, 0.6) is 0 Å². The van der Waals surface area contributed by atoms with Crippen LogP contribution in [0.25, 0.3) is 0 Å². The van der Waals surface area contributed by atoms with Crippen LogP contribution in [0.15, 0.2) is 12.3 Å². The number of hydrogen-bond acceptors (Lipinski definition) is 2. The van der Waals surface area contributed by atoms with E-state index in [1.54, 1.807) is 0 Å². The topological polar surface area (TPSA) is 6.48 Å². The minimum atomic E-state index is 0.923. The summed E-state index contributed by atoms with van der Waals surface area (Å²) in [5.41, 5.74) is 1.32. The van der Waals surface area contributed by atoms with Gasteiger partial charge >= 0.3 is 0 Å². The summed E-state index contributed by atoms with van der Waals surface area (Å²) in [4.78, 5) is 5.12. The zero-order chi connectivity index (χ0) is 9.97. The normalized spacial score (nSPS) is 24.8. The van der Waals surface area contributed by atoms with Crippen molar-refractivity contribution in [2.45, 2.75) is 38.6 Å². The lowest BCUT2D eigenvalue weighted by Crippen LogP contribution is -2.51. The molecule has 1 saturated carbocycles. The first kappa shape index (κ1) is 10.0. The lowest BCUT2D eigenvalue weighted by Gasteiger charge is -2.44. The second kappa shape index (κ2) is 4.35. The molecule has 0 aromatic heterocycles. The minimum Gasteiger partial charge on any atom is -0.373 e. The van der Waals surface area contributed by atoms with Gasteiger partial charge in [0.1, 0.15) is 0 Å². The van der Waals surface area contributed by atoms with Crippen molar-refractivity contribution in [1.82, 2.24) is 9.80 Å². The summed E-state index contributed by atoms with van der Waals surface area (Å²) in [6.45, 7) is 11.2. The van der Waals surface area contributed by atoms with Gasteiger partial charge in [0.05, 0.1) is 0 Å². The van der Waals surface area contributed by atoms with Crippen molar-refractivity contribution in [3.05, 3.63) is 12.3 Å². The van der Waals surface area contributed by atoms with Crippen LogP contribution >= 0.6 is 0 Å². The van der Waals surface area contributed by atoms with Gasteiger partial charge in [-0.2, -0.15) is 0 Å². The Morgan fingerprint density at radius 3 is 2.29 bits per heavy atom. The number of hydrogen-bond donors (Lipinski definition) is 0. The fraction of sp³-hybridized carbons (Fsp3) is 0.833. The van der Waals surface area contributed by atoms with E-state index in [0.717, 1.165) is 12.5 Å². The Morgan fingerprint density at radius 1 is 1.21 bits per heavy atom. The third-order valence-corrected chi connectivity index (χ3v) is 3.76. The van der Waals surface area contributed by atoms with E-state index in [9.17, 15) is 0 Å². The van der Waals surface area contributed by atoms with Crippen LogP contribution in [0.1, 0.15) is 32.6 Å². The standard InChI is InChI=1S/C12H22N2/c1-3-11(2)13-7-9-14(10-8-13)12-5-4-6-12/h12H,2-10H2,1H3. The van der Waals surface area contributed by atoms with Crippen LogP contribution < -0.4 is 0 Å². The molecule has 0 atom stereocenters. The lowest BCUT2D eigenvalue weighted by atomic mass is 9.91. The van der Waals surface area contributed by atoms with Gasteiger partial charge in [-0.25, -0.2) is 0 Å². The van der Waals surface area contributed by atoms with E-state index in [1.165, 1.54) is 51.1 Å². The summed E-state index contributed by atoms with van der Waals surface area (Å²) < 4.78 is 0. The monoisotopic (exact) mass is 194 g/mol. The molecular formula is C12H22N2. The molecule has 0 bridgehead atoms. The van der Waals surface area contributed by atoms with Gasteiger partial charge in [-0.15, -0.1) is 0 Å². The molecule has 0 aromatic carbocycles. The molecule has 80 valence electrons. The Bertz CT molecular complexity index is 200. The van der Waals surface area contributed by atoms with Crippen molar-refractivity contribution in [2.24, 2.45) is 0 Å². The Hall–Kier alpha value is -0.500. The van der Waals surface area contributed by atoms with Gasteiger partial charge in [-0.05, 0) is 19.3 Å². The largest absolute Gasteiger partial charge is 0.373 e. The summed E-state index contributed by atoms with van der Waals surface area (Å²) in [6, 6.07) is 0.923. The number of piperazine rings is 1. The van der Waals surface area contributed by atoms with Crippen molar-refractivity contribution in [3.63, 3.8) is 0 Å². The van der Waals surface area contributed by atoms with E-state index in [4.69, 9.17) is 0 Å². The maximum Gasteiger partial charge on any atom is 0.0303 e. The molecule has 2 heteroatoms. The third-order valence-electron chi connectivity index (χ3n) is 3.76. The van der Waals surface area contributed by atoms with Gasteiger partial charge in [-0.3, -0.25) is 4.90 Å². The molecule has 2 nitrogen and oxygen atoms in total. The van der Waals surface area contributed by atoms with Crippen molar-refractivity contribution >= 4 is 0 Å². The molecule has 2 rings (SSSR count). The Labute approximate surface area is 87.6 Å². The Kier molecular flexibility index (Phi) is 3.12. The quantitative estimate of drug-likeness (QED) is 0.678. The number of allylic oxidation sites excluding steroid dienone is 1. The molecule has 2 aliphatic rings. The summed E-state index contributed by atoms with van der Waals surface area (Å²) in [5, 5.41) is 0. The summed E-state index contributed by atoms with van der Waals surface area (Å²) in [5.74, 6) is 0. The third kappa shape index (κ3) is 1.95. The molecule has 14 heavy (non-hydrogen) atoms. The van der Waals surface area contributed by atoms with Gasteiger partial charge in [0.2, 0.25) is 0 Å². The predicted octanol–water partition coefficient (Wildman–Crippen LogP) is 2.08.